The lowest BCUT2D eigenvalue weighted by molar-refractivity contribution is 0.474. The van der Waals surface area contributed by atoms with Gasteiger partial charge in [0.1, 0.15) is 17.6 Å². The number of aromatic hydroxyl groups is 1. The van der Waals surface area contributed by atoms with Crippen LogP contribution in [-0.4, -0.2) is 44.3 Å². The van der Waals surface area contributed by atoms with Crippen molar-refractivity contribution in [3.8, 4) is 5.75 Å². The molecule has 0 aliphatic rings. The van der Waals surface area contributed by atoms with Gasteiger partial charge in [0.2, 0.25) is 0 Å². The second kappa shape index (κ2) is 7.03. The van der Waals surface area contributed by atoms with E-state index in [4.69, 9.17) is 4.55 Å². The molecule has 0 amide bonds. The maximum absolute atomic E-state index is 9.38. The van der Waals surface area contributed by atoms with Crippen molar-refractivity contribution < 1.29 is 18.1 Å². The average molecular weight is 337 g/mol. The number of aromatic amines is 1. The quantitative estimate of drug-likeness (QED) is 0.522. The van der Waals surface area contributed by atoms with Crippen molar-refractivity contribution in [1.29, 1.82) is 0 Å². The number of aromatic nitrogens is 4. The van der Waals surface area contributed by atoms with Crippen molar-refractivity contribution >= 4 is 27.1 Å². The van der Waals surface area contributed by atoms with Gasteiger partial charge in [0.05, 0.1) is 12.6 Å². The summed E-state index contributed by atoms with van der Waals surface area (Å²) in [6.07, 6.45) is 3.76. The number of phenolic OH excluding ortho intramolecular Hbond substituents is 1. The first kappa shape index (κ1) is 16.6. The number of nitrogens with zero attached hydrogens (tertiary/aromatic N) is 3. The highest BCUT2D eigenvalue weighted by molar-refractivity contribution is 7.85. The molecule has 0 radical (unpaired) electrons. The number of anilines is 1. The zero-order chi connectivity index (χ0) is 16.9. The van der Waals surface area contributed by atoms with Crippen molar-refractivity contribution in [1.82, 2.24) is 19.9 Å². The summed E-state index contributed by atoms with van der Waals surface area (Å²) in [5.41, 5.74) is 2.38. The molecule has 23 heavy (non-hydrogen) atoms. The molecule has 0 saturated carbocycles. The Balaban J connectivity index is 0.000000338. The minimum absolute atomic E-state index is 0.253. The van der Waals surface area contributed by atoms with E-state index < -0.39 is 10.1 Å². The van der Waals surface area contributed by atoms with Crippen LogP contribution in [0.25, 0.3) is 11.2 Å². The predicted octanol–water partition coefficient (Wildman–Crippen LogP) is 1.17. The molecule has 122 valence electrons. The van der Waals surface area contributed by atoms with Crippen LogP contribution < -0.4 is 5.32 Å². The third-order valence-electron chi connectivity index (χ3n) is 2.59. The number of hydrogen-bond donors (Lipinski definition) is 4. The number of H-pyrrole nitrogens is 1. The molecule has 2 aromatic heterocycles. The fourth-order valence-electron chi connectivity index (χ4n) is 1.75. The minimum atomic E-state index is -3.67. The highest BCUT2D eigenvalue weighted by atomic mass is 32.2. The molecule has 2 heterocycles. The van der Waals surface area contributed by atoms with Gasteiger partial charge in [-0.3, -0.25) is 4.55 Å². The standard InChI is InChI=1S/C12H11N5O.CH4O3S/c18-9-3-1-2-8(4-9)5-13-11-10-12(15-6-14-10)17-7-16-11;1-5(2,3)4/h1-4,6-7,18H,5H2,(H2,13,14,15,16,17);1H3,(H,2,3,4). The Morgan fingerprint density at radius 2 is 2.00 bits per heavy atom. The normalized spacial score (nSPS) is 10.9. The molecule has 10 heteroatoms. The van der Waals surface area contributed by atoms with E-state index in [1.807, 2.05) is 6.07 Å². The maximum Gasteiger partial charge on any atom is 0.261 e. The summed E-state index contributed by atoms with van der Waals surface area (Å²) in [5.74, 6) is 0.949. The fourth-order valence-corrected chi connectivity index (χ4v) is 1.75. The van der Waals surface area contributed by atoms with Crippen LogP contribution in [0.3, 0.4) is 0 Å². The highest BCUT2D eigenvalue weighted by Crippen LogP contribution is 2.16. The topological polar surface area (TPSA) is 141 Å². The van der Waals surface area contributed by atoms with Crippen LogP contribution in [-0.2, 0) is 16.7 Å². The first-order valence-electron chi connectivity index (χ1n) is 6.41. The first-order chi connectivity index (χ1) is 10.8. The molecule has 3 aromatic rings. The number of hydrogen-bond acceptors (Lipinski definition) is 7. The lowest BCUT2D eigenvalue weighted by Gasteiger charge is -2.06. The zero-order valence-electron chi connectivity index (χ0n) is 12.1. The molecule has 4 N–H and O–H groups in total. The predicted molar refractivity (Wildman–Crippen MR) is 84.6 cm³/mol. The van der Waals surface area contributed by atoms with Crippen LogP contribution in [0, 0.1) is 0 Å². The first-order valence-corrected chi connectivity index (χ1v) is 8.26. The third-order valence-corrected chi connectivity index (χ3v) is 2.59. The van der Waals surface area contributed by atoms with Gasteiger partial charge in [-0.1, -0.05) is 12.1 Å². The second-order valence-corrected chi connectivity index (χ2v) is 6.05. The van der Waals surface area contributed by atoms with E-state index in [9.17, 15) is 13.5 Å². The Morgan fingerprint density at radius 3 is 2.70 bits per heavy atom. The van der Waals surface area contributed by atoms with E-state index >= 15 is 0 Å². The maximum atomic E-state index is 9.38. The van der Waals surface area contributed by atoms with Gasteiger partial charge in [-0.05, 0) is 17.7 Å². The number of rotatable bonds is 3. The number of imidazole rings is 1. The van der Waals surface area contributed by atoms with Crippen LogP contribution in [0.4, 0.5) is 5.82 Å². The zero-order valence-corrected chi connectivity index (χ0v) is 12.9. The van der Waals surface area contributed by atoms with Gasteiger partial charge in [-0.2, -0.15) is 8.42 Å². The minimum Gasteiger partial charge on any atom is -0.508 e. The summed E-state index contributed by atoms with van der Waals surface area (Å²) in [4.78, 5) is 15.2. The van der Waals surface area contributed by atoms with E-state index in [0.717, 1.165) is 11.1 Å². The van der Waals surface area contributed by atoms with Gasteiger partial charge in [0.25, 0.3) is 10.1 Å². The van der Waals surface area contributed by atoms with Gasteiger partial charge >= 0.3 is 0 Å². The van der Waals surface area contributed by atoms with Crippen LogP contribution in [0.2, 0.25) is 0 Å². The molecule has 0 fully saturated rings. The lowest BCUT2D eigenvalue weighted by Crippen LogP contribution is -2.02. The van der Waals surface area contributed by atoms with Crippen molar-refractivity contribution in [2.45, 2.75) is 6.54 Å². The van der Waals surface area contributed by atoms with Crippen LogP contribution in [0.1, 0.15) is 5.56 Å². The van der Waals surface area contributed by atoms with Crippen molar-refractivity contribution in [2.75, 3.05) is 11.6 Å². The van der Waals surface area contributed by atoms with Gasteiger partial charge in [0, 0.05) is 6.54 Å². The summed E-state index contributed by atoms with van der Waals surface area (Å²) in [6, 6.07) is 7.08. The SMILES string of the molecule is CS(=O)(=O)O.Oc1cccc(CNc2ncnc3nc[nH]c23)c1. The molecule has 3 rings (SSSR count). The average Bonchev–Trinajstić information content (AvgIpc) is 2.92. The van der Waals surface area contributed by atoms with E-state index in [1.165, 1.54) is 6.33 Å². The number of phenols is 1. The van der Waals surface area contributed by atoms with E-state index in [0.29, 0.717) is 24.3 Å². The van der Waals surface area contributed by atoms with Crippen molar-refractivity contribution in [3.05, 3.63) is 42.5 Å². The monoisotopic (exact) mass is 337 g/mol. The molecule has 0 bridgehead atoms. The van der Waals surface area contributed by atoms with Gasteiger partial charge < -0.3 is 15.4 Å². The van der Waals surface area contributed by atoms with E-state index in [2.05, 4.69) is 25.3 Å². The van der Waals surface area contributed by atoms with E-state index in [1.54, 1.807) is 24.5 Å². The van der Waals surface area contributed by atoms with Crippen LogP contribution >= 0.6 is 0 Å². The largest absolute Gasteiger partial charge is 0.508 e. The number of nitrogens with one attached hydrogen (secondary N) is 2. The molecule has 1 aromatic carbocycles. The number of benzene rings is 1. The summed E-state index contributed by atoms with van der Waals surface area (Å²) in [5, 5.41) is 12.6. The molecule has 0 unspecified atom stereocenters. The van der Waals surface area contributed by atoms with Crippen LogP contribution in [0.5, 0.6) is 5.75 Å². The second-order valence-electron chi connectivity index (χ2n) is 4.58. The molecule has 0 spiro atoms. The van der Waals surface area contributed by atoms with Crippen LogP contribution in [0.15, 0.2) is 36.9 Å². The fraction of sp³-hybridized carbons (Fsp3) is 0.154. The summed E-state index contributed by atoms with van der Waals surface area (Å²) in [7, 11) is -3.67. The Morgan fingerprint density at radius 1 is 1.26 bits per heavy atom. The smallest absolute Gasteiger partial charge is 0.261 e. The third kappa shape index (κ3) is 5.52. The van der Waals surface area contributed by atoms with Gasteiger partial charge in [0.15, 0.2) is 11.5 Å². The molecule has 0 atom stereocenters. The number of fused-ring (bicyclic) bond motifs is 1. The highest BCUT2D eigenvalue weighted by Gasteiger charge is 2.05. The summed E-state index contributed by atoms with van der Waals surface area (Å²) < 4.78 is 25.9. The summed E-state index contributed by atoms with van der Waals surface area (Å²) >= 11 is 0. The van der Waals surface area contributed by atoms with Gasteiger partial charge in [-0.15, -0.1) is 0 Å². The molecular formula is C13H15N5O4S. The Hall–Kier alpha value is -2.72. The summed E-state index contributed by atoms with van der Waals surface area (Å²) in [6.45, 7) is 0.569. The van der Waals surface area contributed by atoms with Crippen molar-refractivity contribution in [3.63, 3.8) is 0 Å². The molecule has 0 aliphatic carbocycles. The molecule has 0 aliphatic heterocycles. The molecule has 0 saturated heterocycles. The Labute approximate surface area is 132 Å². The Kier molecular flexibility index (Phi) is 5.09. The van der Waals surface area contributed by atoms with Gasteiger partial charge in [-0.25, -0.2) is 15.0 Å². The Bertz CT molecular complexity index is 886. The molecule has 9 nitrogen and oxygen atoms in total. The van der Waals surface area contributed by atoms with E-state index in [-0.39, 0.29) is 5.75 Å². The lowest BCUT2D eigenvalue weighted by atomic mass is 10.2. The van der Waals surface area contributed by atoms with Crippen molar-refractivity contribution in [2.24, 2.45) is 0 Å². The molecular weight excluding hydrogens is 322 g/mol.